The quantitative estimate of drug-likeness (QED) is 0.562. The molecule has 2 N–H and O–H groups in total. The first-order valence-electron chi connectivity index (χ1n) is 6.86. The molecular formula is C13H26N2O4. The Hall–Kier alpha value is -1.30. The lowest BCUT2D eigenvalue weighted by molar-refractivity contribution is -0.137. The molecule has 0 fully saturated rings. The first kappa shape index (κ1) is 17.7. The Morgan fingerprint density at radius 2 is 1.89 bits per heavy atom. The van der Waals surface area contributed by atoms with E-state index in [1.165, 1.54) is 4.90 Å². The van der Waals surface area contributed by atoms with E-state index in [0.29, 0.717) is 26.1 Å². The fraction of sp³-hybridized carbons (Fsp3) is 0.846. The van der Waals surface area contributed by atoms with Crippen molar-refractivity contribution in [3.63, 3.8) is 0 Å². The monoisotopic (exact) mass is 274 g/mol. The number of unbranched alkanes of at least 4 members (excludes halogenated alkanes) is 1. The smallest absolute Gasteiger partial charge is 0.317 e. The van der Waals surface area contributed by atoms with E-state index in [2.05, 4.69) is 12.2 Å². The van der Waals surface area contributed by atoms with Gasteiger partial charge < -0.3 is 20.1 Å². The fourth-order valence-electron chi connectivity index (χ4n) is 1.42. The maximum atomic E-state index is 11.6. The molecule has 19 heavy (non-hydrogen) atoms. The van der Waals surface area contributed by atoms with Gasteiger partial charge in [-0.25, -0.2) is 4.79 Å². The van der Waals surface area contributed by atoms with E-state index in [9.17, 15) is 9.59 Å². The van der Waals surface area contributed by atoms with Gasteiger partial charge in [-0.15, -0.1) is 0 Å². The lowest BCUT2D eigenvalue weighted by Crippen LogP contribution is -2.38. The van der Waals surface area contributed by atoms with Crippen molar-refractivity contribution in [3.8, 4) is 0 Å². The first-order valence-corrected chi connectivity index (χ1v) is 6.86. The third-order valence-electron chi connectivity index (χ3n) is 2.61. The van der Waals surface area contributed by atoms with Crippen molar-refractivity contribution >= 4 is 12.0 Å². The molecule has 0 radical (unpaired) electrons. The molecule has 0 heterocycles. The number of nitrogens with zero attached hydrogens (tertiary/aromatic N) is 1. The van der Waals surface area contributed by atoms with Crippen molar-refractivity contribution in [2.75, 3.05) is 33.4 Å². The zero-order valence-electron chi connectivity index (χ0n) is 12.0. The summed E-state index contributed by atoms with van der Waals surface area (Å²) in [5.41, 5.74) is 0. The topological polar surface area (TPSA) is 78.9 Å². The third kappa shape index (κ3) is 11.5. The minimum absolute atomic E-state index is 0.0862. The Kier molecular flexibility index (Phi) is 11.0. The molecule has 0 aromatic carbocycles. The highest BCUT2D eigenvalue weighted by Crippen LogP contribution is 1.94. The van der Waals surface area contributed by atoms with Crippen molar-refractivity contribution in [1.29, 1.82) is 0 Å². The van der Waals surface area contributed by atoms with E-state index < -0.39 is 5.97 Å². The van der Waals surface area contributed by atoms with E-state index in [0.717, 1.165) is 25.9 Å². The predicted octanol–water partition coefficient (Wildman–Crippen LogP) is 1.70. The molecule has 0 aliphatic carbocycles. The minimum Gasteiger partial charge on any atom is -0.481 e. The Labute approximate surface area is 115 Å². The Balaban J connectivity index is 3.43. The van der Waals surface area contributed by atoms with Crippen molar-refractivity contribution < 1.29 is 19.4 Å². The molecule has 2 amide bonds. The van der Waals surface area contributed by atoms with Gasteiger partial charge in [0.1, 0.15) is 0 Å². The molecule has 112 valence electrons. The molecule has 0 saturated carbocycles. The Morgan fingerprint density at radius 3 is 2.53 bits per heavy atom. The Bertz CT molecular complexity index is 259. The fourth-order valence-corrected chi connectivity index (χ4v) is 1.42. The second-order valence-corrected chi connectivity index (χ2v) is 4.47. The zero-order valence-corrected chi connectivity index (χ0v) is 12.0. The number of rotatable bonds is 11. The predicted molar refractivity (Wildman–Crippen MR) is 73.2 cm³/mol. The average molecular weight is 274 g/mol. The number of hydrogen-bond acceptors (Lipinski definition) is 3. The van der Waals surface area contributed by atoms with Crippen LogP contribution in [0.5, 0.6) is 0 Å². The van der Waals surface area contributed by atoms with Gasteiger partial charge in [0.2, 0.25) is 0 Å². The van der Waals surface area contributed by atoms with Crippen LogP contribution in [0.15, 0.2) is 0 Å². The van der Waals surface area contributed by atoms with E-state index in [1.807, 2.05) is 0 Å². The molecule has 0 aliphatic rings. The zero-order chi connectivity index (χ0) is 14.5. The number of carboxylic acids is 1. The van der Waals surface area contributed by atoms with E-state index in [-0.39, 0.29) is 12.5 Å². The number of carbonyl (C=O) groups excluding carboxylic acids is 1. The van der Waals surface area contributed by atoms with Gasteiger partial charge in [0, 0.05) is 39.8 Å². The van der Waals surface area contributed by atoms with Gasteiger partial charge in [-0.1, -0.05) is 13.3 Å². The number of aliphatic carboxylic acids is 1. The summed E-state index contributed by atoms with van der Waals surface area (Å²) in [5, 5.41) is 11.3. The molecule has 0 aromatic heterocycles. The molecule has 6 heteroatoms. The molecule has 0 saturated heterocycles. The second kappa shape index (κ2) is 11.8. The van der Waals surface area contributed by atoms with Crippen LogP contribution in [0.25, 0.3) is 0 Å². The number of urea groups is 1. The van der Waals surface area contributed by atoms with Crippen LogP contribution in [0, 0.1) is 0 Å². The Morgan fingerprint density at radius 1 is 1.21 bits per heavy atom. The van der Waals surface area contributed by atoms with E-state index in [1.54, 1.807) is 7.05 Å². The highest BCUT2D eigenvalue weighted by Gasteiger charge is 2.07. The maximum Gasteiger partial charge on any atom is 0.317 e. The van der Waals surface area contributed by atoms with Crippen LogP contribution in [-0.4, -0.2) is 55.4 Å². The molecule has 0 unspecified atom stereocenters. The van der Waals surface area contributed by atoms with Crippen LogP contribution in [0.4, 0.5) is 4.79 Å². The number of carbonyl (C=O) groups is 2. The summed E-state index contributed by atoms with van der Waals surface area (Å²) in [7, 11) is 1.66. The number of carboxylic acid groups (broad SMARTS) is 1. The van der Waals surface area contributed by atoms with Crippen LogP contribution in [-0.2, 0) is 9.53 Å². The van der Waals surface area contributed by atoms with Gasteiger partial charge >= 0.3 is 12.0 Å². The maximum absolute atomic E-state index is 11.6. The SMILES string of the molecule is CCCCOCCCNC(=O)N(C)CCCC(=O)O. The van der Waals surface area contributed by atoms with E-state index in [4.69, 9.17) is 9.84 Å². The lowest BCUT2D eigenvalue weighted by atomic mass is 10.3. The average Bonchev–Trinajstić information content (AvgIpc) is 2.36. The number of ether oxygens (including phenoxy) is 1. The second-order valence-electron chi connectivity index (χ2n) is 4.47. The van der Waals surface area contributed by atoms with Crippen LogP contribution in [0.1, 0.15) is 39.0 Å². The van der Waals surface area contributed by atoms with E-state index >= 15 is 0 Å². The van der Waals surface area contributed by atoms with Gasteiger partial charge in [-0.05, 0) is 19.3 Å². The molecule has 0 aromatic rings. The summed E-state index contributed by atoms with van der Waals surface area (Å²) in [6.45, 7) is 4.58. The molecular weight excluding hydrogens is 248 g/mol. The van der Waals surface area contributed by atoms with Crippen LogP contribution in [0.3, 0.4) is 0 Å². The highest BCUT2D eigenvalue weighted by molar-refractivity contribution is 5.73. The first-order chi connectivity index (χ1) is 9.07. The molecule has 6 nitrogen and oxygen atoms in total. The van der Waals surface area contributed by atoms with Gasteiger partial charge in [-0.3, -0.25) is 4.79 Å². The minimum atomic E-state index is -0.835. The standard InChI is InChI=1S/C13H26N2O4/c1-3-4-10-19-11-6-8-14-13(18)15(2)9-5-7-12(16)17/h3-11H2,1-2H3,(H,14,18)(H,16,17). The van der Waals surface area contributed by atoms with Crippen LogP contribution < -0.4 is 5.32 Å². The summed E-state index contributed by atoms with van der Waals surface area (Å²) in [6, 6.07) is -0.168. The summed E-state index contributed by atoms with van der Waals surface area (Å²) >= 11 is 0. The summed E-state index contributed by atoms with van der Waals surface area (Å²) < 4.78 is 5.38. The van der Waals surface area contributed by atoms with Gasteiger partial charge in [-0.2, -0.15) is 0 Å². The normalized spacial score (nSPS) is 10.2. The van der Waals surface area contributed by atoms with Gasteiger partial charge in [0.15, 0.2) is 0 Å². The number of nitrogens with one attached hydrogen (secondary N) is 1. The molecule has 0 atom stereocenters. The summed E-state index contributed by atoms with van der Waals surface area (Å²) in [5.74, 6) is -0.835. The third-order valence-corrected chi connectivity index (χ3v) is 2.61. The van der Waals surface area contributed by atoms with Crippen LogP contribution >= 0.6 is 0 Å². The molecule has 0 spiro atoms. The number of amides is 2. The summed E-state index contributed by atoms with van der Waals surface area (Å²) in [6.07, 6.45) is 3.54. The van der Waals surface area contributed by atoms with Crippen molar-refractivity contribution in [2.24, 2.45) is 0 Å². The van der Waals surface area contributed by atoms with Gasteiger partial charge in [0.25, 0.3) is 0 Å². The van der Waals surface area contributed by atoms with Crippen molar-refractivity contribution in [2.45, 2.75) is 39.0 Å². The molecule has 0 rings (SSSR count). The van der Waals surface area contributed by atoms with Crippen molar-refractivity contribution in [3.05, 3.63) is 0 Å². The number of hydrogen-bond donors (Lipinski definition) is 2. The lowest BCUT2D eigenvalue weighted by Gasteiger charge is -2.17. The van der Waals surface area contributed by atoms with Crippen molar-refractivity contribution in [1.82, 2.24) is 10.2 Å². The molecule has 0 aliphatic heterocycles. The largest absolute Gasteiger partial charge is 0.481 e. The van der Waals surface area contributed by atoms with Crippen LogP contribution in [0.2, 0.25) is 0 Å². The highest BCUT2D eigenvalue weighted by atomic mass is 16.5. The summed E-state index contributed by atoms with van der Waals surface area (Å²) in [4.78, 5) is 23.4. The molecule has 0 bridgehead atoms. The van der Waals surface area contributed by atoms with Gasteiger partial charge in [0.05, 0.1) is 0 Å².